The number of nitrogens with zero attached hydrogens (tertiary/aromatic N) is 2. The highest BCUT2D eigenvalue weighted by atomic mass is 15.2. The predicted octanol–water partition coefficient (Wildman–Crippen LogP) is 2.79. The Morgan fingerprint density at radius 3 is 2.45 bits per heavy atom. The lowest BCUT2D eigenvalue weighted by Crippen LogP contribution is -2.44. The second-order valence-corrected chi connectivity index (χ2v) is 6.76. The van der Waals surface area contributed by atoms with E-state index in [2.05, 4.69) is 60.5 Å². The zero-order chi connectivity index (χ0) is 14.1. The Morgan fingerprint density at radius 2 is 1.80 bits per heavy atom. The van der Waals surface area contributed by atoms with Crippen LogP contribution in [-0.2, 0) is 6.54 Å². The van der Waals surface area contributed by atoms with Crippen LogP contribution in [0.2, 0.25) is 0 Å². The SMILES string of the molecule is CN(C)Cc1ccccc1NC1CC2CCC(C1)N2C. The summed E-state index contributed by atoms with van der Waals surface area (Å²) >= 11 is 0. The third kappa shape index (κ3) is 2.84. The summed E-state index contributed by atoms with van der Waals surface area (Å²) in [5.41, 5.74) is 2.74. The van der Waals surface area contributed by atoms with Crippen molar-refractivity contribution in [3.05, 3.63) is 29.8 Å². The number of rotatable bonds is 4. The van der Waals surface area contributed by atoms with Gasteiger partial charge in [-0.15, -0.1) is 0 Å². The zero-order valence-corrected chi connectivity index (χ0v) is 13.0. The van der Waals surface area contributed by atoms with Crippen molar-refractivity contribution in [2.24, 2.45) is 0 Å². The number of fused-ring (bicyclic) bond motifs is 2. The molecule has 2 fully saturated rings. The first-order chi connectivity index (χ1) is 9.63. The molecule has 3 heteroatoms. The van der Waals surface area contributed by atoms with Crippen molar-refractivity contribution in [1.29, 1.82) is 0 Å². The second-order valence-electron chi connectivity index (χ2n) is 6.76. The Bertz CT molecular complexity index is 443. The fourth-order valence-corrected chi connectivity index (χ4v) is 3.89. The Balaban J connectivity index is 1.69. The largest absolute Gasteiger partial charge is 0.382 e. The van der Waals surface area contributed by atoms with E-state index in [1.807, 2.05) is 0 Å². The zero-order valence-electron chi connectivity index (χ0n) is 13.0. The summed E-state index contributed by atoms with van der Waals surface area (Å²) in [7, 11) is 6.57. The molecule has 2 saturated heterocycles. The number of nitrogens with one attached hydrogen (secondary N) is 1. The van der Waals surface area contributed by atoms with E-state index in [9.17, 15) is 0 Å². The van der Waals surface area contributed by atoms with Crippen LogP contribution in [0.3, 0.4) is 0 Å². The van der Waals surface area contributed by atoms with Gasteiger partial charge in [0, 0.05) is 30.4 Å². The quantitative estimate of drug-likeness (QED) is 0.910. The summed E-state index contributed by atoms with van der Waals surface area (Å²) < 4.78 is 0. The van der Waals surface area contributed by atoms with Crippen molar-refractivity contribution in [1.82, 2.24) is 9.80 Å². The van der Waals surface area contributed by atoms with Gasteiger partial charge >= 0.3 is 0 Å². The summed E-state index contributed by atoms with van der Waals surface area (Å²) in [6, 6.07) is 11.0. The van der Waals surface area contributed by atoms with Crippen LogP contribution in [0.15, 0.2) is 24.3 Å². The molecule has 1 aromatic rings. The van der Waals surface area contributed by atoms with Gasteiger partial charge < -0.3 is 15.1 Å². The van der Waals surface area contributed by atoms with Gasteiger partial charge in [0.2, 0.25) is 0 Å². The maximum Gasteiger partial charge on any atom is 0.0388 e. The molecule has 2 aliphatic heterocycles. The second kappa shape index (κ2) is 5.74. The van der Waals surface area contributed by atoms with Gasteiger partial charge in [-0.25, -0.2) is 0 Å². The molecule has 1 N–H and O–H groups in total. The molecule has 2 aliphatic rings. The van der Waals surface area contributed by atoms with Gasteiger partial charge in [-0.05, 0) is 58.5 Å². The van der Waals surface area contributed by atoms with E-state index >= 15 is 0 Å². The van der Waals surface area contributed by atoms with E-state index in [-0.39, 0.29) is 0 Å². The van der Waals surface area contributed by atoms with Crippen molar-refractivity contribution in [2.75, 3.05) is 26.5 Å². The monoisotopic (exact) mass is 273 g/mol. The molecule has 2 bridgehead atoms. The summed E-state index contributed by atoms with van der Waals surface area (Å²) in [5, 5.41) is 3.82. The first-order valence-electron chi connectivity index (χ1n) is 7.84. The van der Waals surface area contributed by atoms with E-state index in [4.69, 9.17) is 0 Å². The molecular weight excluding hydrogens is 246 g/mol. The molecule has 0 radical (unpaired) electrons. The van der Waals surface area contributed by atoms with Crippen LogP contribution >= 0.6 is 0 Å². The van der Waals surface area contributed by atoms with Crippen LogP contribution in [0.1, 0.15) is 31.2 Å². The molecule has 3 rings (SSSR count). The van der Waals surface area contributed by atoms with E-state index in [1.165, 1.54) is 36.9 Å². The molecule has 110 valence electrons. The van der Waals surface area contributed by atoms with Crippen LogP contribution in [-0.4, -0.2) is 49.1 Å². The predicted molar refractivity (Wildman–Crippen MR) is 85.1 cm³/mol. The van der Waals surface area contributed by atoms with Gasteiger partial charge in [-0.2, -0.15) is 0 Å². The van der Waals surface area contributed by atoms with Gasteiger partial charge in [-0.1, -0.05) is 18.2 Å². The number of hydrogen-bond acceptors (Lipinski definition) is 3. The third-order valence-corrected chi connectivity index (χ3v) is 4.96. The molecule has 2 unspecified atom stereocenters. The number of piperidine rings is 1. The van der Waals surface area contributed by atoms with Gasteiger partial charge in [-0.3, -0.25) is 0 Å². The Kier molecular flexibility index (Phi) is 3.99. The minimum atomic E-state index is 0.645. The minimum Gasteiger partial charge on any atom is -0.382 e. The molecule has 0 aliphatic carbocycles. The molecule has 0 spiro atoms. The summed E-state index contributed by atoms with van der Waals surface area (Å²) in [5.74, 6) is 0. The van der Waals surface area contributed by atoms with Gasteiger partial charge in [0.15, 0.2) is 0 Å². The van der Waals surface area contributed by atoms with E-state index in [0.29, 0.717) is 6.04 Å². The first kappa shape index (κ1) is 13.9. The maximum absolute atomic E-state index is 3.82. The molecule has 20 heavy (non-hydrogen) atoms. The van der Waals surface area contributed by atoms with Crippen LogP contribution in [0.4, 0.5) is 5.69 Å². The highest BCUT2D eigenvalue weighted by Crippen LogP contribution is 2.35. The maximum atomic E-state index is 3.82. The van der Waals surface area contributed by atoms with E-state index < -0.39 is 0 Å². The van der Waals surface area contributed by atoms with Gasteiger partial charge in [0.1, 0.15) is 0 Å². The lowest BCUT2D eigenvalue weighted by atomic mass is 9.97. The Morgan fingerprint density at radius 1 is 1.15 bits per heavy atom. The van der Waals surface area contributed by atoms with Crippen molar-refractivity contribution < 1.29 is 0 Å². The van der Waals surface area contributed by atoms with Gasteiger partial charge in [0.05, 0.1) is 0 Å². The van der Waals surface area contributed by atoms with Crippen molar-refractivity contribution >= 4 is 5.69 Å². The molecule has 0 saturated carbocycles. The van der Waals surface area contributed by atoms with Gasteiger partial charge in [0.25, 0.3) is 0 Å². The first-order valence-corrected chi connectivity index (χ1v) is 7.84. The molecule has 0 amide bonds. The fourth-order valence-electron chi connectivity index (χ4n) is 3.89. The van der Waals surface area contributed by atoms with E-state index in [0.717, 1.165) is 18.6 Å². The van der Waals surface area contributed by atoms with Crippen LogP contribution in [0, 0.1) is 0 Å². The Labute approximate surface area is 123 Å². The number of hydrogen-bond donors (Lipinski definition) is 1. The van der Waals surface area contributed by atoms with Crippen molar-refractivity contribution in [3.63, 3.8) is 0 Å². The minimum absolute atomic E-state index is 0.645. The third-order valence-electron chi connectivity index (χ3n) is 4.96. The highest BCUT2D eigenvalue weighted by Gasteiger charge is 2.38. The molecule has 2 atom stereocenters. The van der Waals surface area contributed by atoms with Crippen molar-refractivity contribution in [3.8, 4) is 0 Å². The molecular formula is C17H27N3. The number of para-hydroxylation sites is 1. The number of benzene rings is 1. The highest BCUT2D eigenvalue weighted by molar-refractivity contribution is 5.52. The fraction of sp³-hybridized carbons (Fsp3) is 0.647. The Hall–Kier alpha value is -1.06. The summed E-state index contributed by atoms with van der Waals surface area (Å²) in [4.78, 5) is 4.84. The summed E-state index contributed by atoms with van der Waals surface area (Å²) in [6.07, 6.45) is 5.37. The summed E-state index contributed by atoms with van der Waals surface area (Å²) in [6.45, 7) is 1.00. The smallest absolute Gasteiger partial charge is 0.0388 e. The lowest BCUT2D eigenvalue weighted by Gasteiger charge is -2.37. The molecule has 3 nitrogen and oxygen atoms in total. The number of anilines is 1. The topological polar surface area (TPSA) is 18.5 Å². The molecule has 2 heterocycles. The molecule has 1 aromatic carbocycles. The normalized spacial score (nSPS) is 29.9. The van der Waals surface area contributed by atoms with Crippen LogP contribution in [0.25, 0.3) is 0 Å². The average Bonchev–Trinajstić information content (AvgIpc) is 2.63. The van der Waals surface area contributed by atoms with Crippen LogP contribution in [0.5, 0.6) is 0 Å². The van der Waals surface area contributed by atoms with E-state index in [1.54, 1.807) is 0 Å². The lowest BCUT2D eigenvalue weighted by molar-refractivity contribution is 0.169. The van der Waals surface area contributed by atoms with Crippen LogP contribution < -0.4 is 5.32 Å². The van der Waals surface area contributed by atoms with Crippen molar-refractivity contribution in [2.45, 2.75) is 50.4 Å². The average molecular weight is 273 g/mol. The molecule has 0 aromatic heterocycles. The standard InChI is InChI=1S/C17H27N3/c1-19(2)12-13-6-4-5-7-17(13)18-14-10-15-8-9-16(11-14)20(15)3/h4-7,14-16,18H,8-12H2,1-3H3.